The molecule has 0 aliphatic heterocycles. The Morgan fingerprint density at radius 1 is 1.13 bits per heavy atom. The summed E-state index contributed by atoms with van der Waals surface area (Å²) in [7, 11) is -3.06. The second kappa shape index (κ2) is 6.82. The molecule has 0 aliphatic rings. The monoisotopic (exact) mass is 340 g/mol. The fraction of sp³-hybridized carbons (Fsp3) is 0.200. The van der Waals surface area contributed by atoms with E-state index in [2.05, 4.69) is 4.98 Å². The number of nitrogens with zero attached hydrogens (tertiary/aromatic N) is 2. The Kier molecular flexibility index (Phi) is 5.05. The maximum atomic E-state index is 12.5. The number of sulfone groups is 1. The Labute approximate surface area is 132 Å². The highest BCUT2D eigenvalue weighted by molar-refractivity contribution is 7.91. The van der Waals surface area contributed by atoms with Crippen LogP contribution in [0.3, 0.4) is 0 Å². The van der Waals surface area contributed by atoms with E-state index in [1.165, 1.54) is 17.0 Å². The first kappa shape index (κ1) is 17.0. The molecule has 0 spiro atoms. The van der Waals surface area contributed by atoms with Gasteiger partial charge in [0, 0.05) is 31.5 Å². The molecule has 8 heteroatoms. The van der Waals surface area contributed by atoms with E-state index in [1.54, 1.807) is 31.6 Å². The van der Waals surface area contributed by atoms with Crippen molar-refractivity contribution in [1.82, 2.24) is 9.88 Å². The highest BCUT2D eigenvalue weighted by Gasteiger charge is 2.26. The van der Waals surface area contributed by atoms with Crippen LogP contribution in [0.5, 0.6) is 0 Å². The van der Waals surface area contributed by atoms with Gasteiger partial charge in [0.25, 0.3) is 5.91 Å². The first-order chi connectivity index (χ1) is 10.8. The van der Waals surface area contributed by atoms with E-state index in [9.17, 15) is 22.0 Å². The van der Waals surface area contributed by atoms with Crippen molar-refractivity contribution in [2.45, 2.75) is 17.2 Å². The zero-order valence-electron chi connectivity index (χ0n) is 12.2. The number of halogens is 2. The quantitative estimate of drug-likeness (QED) is 0.838. The number of rotatable bonds is 5. The molecule has 0 aliphatic carbocycles. The lowest BCUT2D eigenvalue weighted by atomic mass is 10.2. The molecule has 2 rings (SSSR count). The number of benzene rings is 1. The highest BCUT2D eigenvalue weighted by atomic mass is 32.2. The number of alkyl halides is 2. The second-order valence-electron chi connectivity index (χ2n) is 4.85. The molecule has 2 aromatic rings. The fourth-order valence-corrected chi connectivity index (χ4v) is 2.67. The van der Waals surface area contributed by atoms with Crippen molar-refractivity contribution in [3.8, 4) is 0 Å². The SMILES string of the molecule is CN(Cc1ccncc1)C(=O)c1ccc(S(=O)(=O)C(F)F)cc1. The molecule has 1 aromatic heterocycles. The van der Waals surface area contributed by atoms with E-state index in [4.69, 9.17) is 0 Å². The average Bonchev–Trinajstić information content (AvgIpc) is 2.55. The van der Waals surface area contributed by atoms with Crippen molar-refractivity contribution in [3.05, 3.63) is 59.9 Å². The first-order valence-corrected chi connectivity index (χ1v) is 8.13. The van der Waals surface area contributed by atoms with Gasteiger partial charge in [-0.3, -0.25) is 9.78 Å². The minimum Gasteiger partial charge on any atom is -0.337 e. The van der Waals surface area contributed by atoms with Gasteiger partial charge in [-0.2, -0.15) is 8.78 Å². The van der Waals surface area contributed by atoms with E-state index in [0.717, 1.165) is 17.7 Å². The van der Waals surface area contributed by atoms with Crippen LogP contribution in [0.15, 0.2) is 53.7 Å². The van der Waals surface area contributed by atoms with Gasteiger partial charge < -0.3 is 4.90 Å². The van der Waals surface area contributed by atoms with Crippen LogP contribution in [-0.2, 0) is 16.4 Å². The summed E-state index contributed by atoms with van der Waals surface area (Å²) in [6, 6.07) is 8.00. The predicted molar refractivity (Wildman–Crippen MR) is 79.7 cm³/mol. The smallest absolute Gasteiger partial charge is 0.337 e. The summed E-state index contributed by atoms with van der Waals surface area (Å²) < 4.78 is 47.6. The topological polar surface area (TPSA) is 67.3 Å². The largest absolute Gasteiger partial charge is 0.341 e. The molecule has 0 saturated carbocycles. The molecule has 122 valence electrons. The summed E-state index contributed by atoms with van der Waals surface area (Å²) in [6.07, 6.45) is 3.22. The molecule has 1 aromatic carbocycles. The molecule has 23 heavy (non-hydrogen) atoms. The average molecular weight is 340 g/mol. The Balaban J connectivity index is 2.14. The van der Waals surface area contributed by atoms with Gasteiger partial charge in [0.15, 0.2) is 0 Å². The van der Waals surface area contributed by atoms with Crippen LogP contribution in [0.4, 0.5) is 8.78 Å². The Morgan fingerprint density at radius 2 is 1.70 bits per heavy atom. The van der Waals surface area contributed by atoms with Crippen LogP contribution in [-0.4, -0.2) is 37.0 Å². The Hall–Kier alpha value is -2.35. The van der Waals surface area contributed by atoms with E-state index in [0.29, 0.717) is 6.54 Å². The summed E-state index contributed by atoms with van der Waals surface area (Å²) in [6.45, 7) is 0.346. The molecule has 1 amide bonds. The maximum absolute atomic E-state index is 12.5. The molecular weight excluding hydrogens is 326 g/mol. The van der Waals surface area contributed by atoms with Gasteiger partial charge in [0.05, 0.1) is 4.90 Å². The molecule has 0 N–H and O–H groups in total. The number of hydrogen-bond donors (Lipinski definition) is 0. The predicted octanol–water partition coefficient (Wildman–Crippen LogP) is 2.35. The summed E-state index contributed by atoms with van der Waals surface area (Å²) in [5.74, 6) is -3.83. The number of carbonyl (C=O) groups excluding carboxylic acids is 1. The summed E-state index contributed by atoms with van der Waals surface area (Å²) >= 11 is 0. The third kappa shape index (κ3) is 3.89. The van der Waals surface area contributed by atoms with Gasteiger partial charge in [-0.15, -0.1) is 0 Å². The number of amides is 1. The van der Waals surface area contributed by atoms with Crippen LogP contribution < -0.4 is 0 Å². The van der Waals surface area contributed by atoms with E-state index >= 15 is 0 Å². The van der Waals surface area contributed by atoms with Crippen molar-refractivity contribution in [3.63, 3.8) is 0 Å². The molecular formula is C15H14F2N2O3S. The lowest BCUT2D eigenvalue weighted by Crippen LogP contribution is -2.26. The van der Waals surface area contributed by atoms with Crippen LogP contribution in [0, 0.1) is 0 Å². The number of carbonyl (C=O) groups is 1. The van der Waals surface area contributed by atoms with E-state index < -0.39 is 20.5 Å². The van der Waals surface area contributed by atoms with E-state index in [-0.39, 0.29) is 11.5 Å². The van der Waals surface area contributed by atoms with Crippen molar-refractivity contribution in [2.75, 3.05) is 7.05 Å². The highest BCUT2D eigenvalue weighted by Crippen LogP contribution is 2.19. The molecule has 0 atom stereocenters. The van der Waals surface area contributed by atoms with Crippen LogP contribution in [0.25, 0.3) is 0 Å². The number of pyridine rings is 1. The normalized spacial score (nSPS) is 11.5. The Morgan fingerprint density at radius 3 is 2.22 bits per heavy atom. The Bertz CT molecular complexity index is 778. The fourth-order valence-electron chi connectivity index (χ4n) is 1.94. The lowest BCUT2D eigenvalue weighted by Gasteiger charge is -2.17. The number of aromatic nitrogens is 1. The first-order valence-electron chi connectivity index (χ1n) is 6.59. The van der Waals surface area contributed by atoms with Gasteiger partial charge in [0.1, 0.15) is 0 Å². The van der Waals surface area contributed by atoms with Gasteiger partial charge in [-0.1, -0.05) is 0 Å². The zero-order valence-corrected chi connectivity index (χ0v) is 13.0. The van der Waals surface area contributed by atoms with Gasteiger partial charge in [-0.05, 0) is 42.0 Å². The summed E-state index contributed by atoms with van der Waals surface area (Å²) in [5, 5.41) is 0. The molecule has 0 fully saturated rings. The lowest BCUT2D eigenvalue weighted by molar-refractivity contribution is 0.0785. The van der Waals surface area contributed by atoms with Gasteiger partial charge >= 0.3 is 5.76 Å². The van der Waals surface area contributed by atoms with Crippen molar-refractivity contribution in [2.24, 2.45) is 0 Å². The maximum Gasteiger partial charge on any atom is 0.341 e. The summed E-state index contributed by atoms with van der Waals surface area (Å²) in [4.78, 5) is 17.1. The molecule has 0 unspecified atom stereocenters. The van der Waals surface area contributed by atoms with Crippen molar-refractivity contribution < 1.29 is 22.0 Å². The third-order valence-electron chi connectivity index (χ3n) is 3.18. The number of hydrogen-bond acceptors (Lipinski definition) is 4. The second-order valence-corrected chi connectivity index (χ2v) is 6.76. The van der Waals surface area contributed by atoms with E-state index in [1.807, 2.05) is 0 Å². The standard InChI is InChI=1S/C15H14F2N2O3S/c1-19(10-11-6-8-18-9-7-11)14(20)12-2-4-13(5-3-12)23(21,22)15(16)17/h2-9,15H,10H2,1H3. The molecule has 0 saturated heterocycles. The van der Waals surface area contributed by atoms with Crippen LogP contribution in [0.1, 0.15) is 15.9 Å². The van der Waals surface area contributed by atoms with Crippen LogP contribution >= 0.6 is 0 Å². The summed E-state index contributed by atoms with van der Waals surface area (Å²) in [5.41, 5.74) is 1.10. The van der Waals surface area contributed by atoms with Gasteiger partial charge in [0.2, 0.25) is 9.84 Å². The zero-order chi connectivity index (χ0) is 17.0. The third-order valence-corrected chi connectivity index (χ3v) is 4.58. The van der Waals surface area contributed by atoms with Gasteiger partial charge in [-0.25, -0.2) is 8.42 Å². The molecule has 5 nitrogen and oxygen atoms in total. The molecule has 0 bridgehead atoms. The van der Waals surface area contributed by atoms with Crippen molar-refractivity contribution in [1.29, 1.82) is 0 Å². The minimum absolute atomic E-state index is 0.217. The minimum atomic E-state index is -4.65. The van der Waals surface area contributed by atoms with Crippen LogP contribution in [0.2, 0.25) is 0 Å². The molecule has 1 heterocycles. The molecule has 0 radical (unpaired) electrons. The van der Waals surface area contributed by atoms with Crippen molar-refractivity contribution >= 4 is 15.7 Å².